The summed E-state index contributed by atoms with van der Waals surface area (Å²) >= 11 is 2.09. The monoisotopic (exact) mass is 316 g/mol. The molecule has 2 saturated heterocycles. The topological polar surface area (TPSA) is 34.0 Å². The van der Waals surface area contributed by atoms with Crippen LogP contribution >= 0.6 is 11.8 Å². The fraction of sp³-hybridized carbons (Fsp3) is 0.647. The Morgan fingerprint density at radius 3 is 2.91 bits per heavy atom. The molecular weight excluding hydrogens is 292 g/mol. The Hall–Kier alpha value is -1.07. The average Bonchev–Trinajstić information content (AvgIpc) is 3.16. The minimum Gasteiger partial charge on any atom is -0.309 e. The van der Waals surface area contributed by atoms with Gasteiger partial charge in [-0.15, -0.1) is 0 Å². The number of hydrogen-bond donors (Lipinski definition) is 0. The van der Waals surface area contributed by atoms with E-state index in [1.165, 1.54) is 49.7 Å². The van der Waals surface area contributed by atoms with Crippen LogP contribution in [0.2, 0.25) is 0 Å². The lowest BCUT2D eigenvalue weighted by Gasteiger charge is -2.31. The summed E-state index contributed by atoms with van der Waals surface area (Å²) in [6.07, 6.45) is 6.80. The number of imidazole rings is 1. The van der Waals surface area contributed by atoms with Gasteiger partial charge in [0, 0.05) is 18.7 Å². The van der Waals surface area contributed by atoms with E-state index < -0.39 is 0 Å². The van der Waals surface area contributed by atoms with E-state index in [1.54, 1.807) is 0 Å². The molecule has 0 radical (unpaired) electrons. The van der Waals surface area contributed by atoms with E-state index in [0.717, 1.165) is 23.5 Å². The second-order valence-corrected chi connectivity index (χ2v) is 7.86. The van der Waals surface area contributed by atoms with Gasteiger partial charge in [-0.05, 0) is 69.0 Å². The summed E-state index contributed by atoms with van der Waals surface area (Å²) in [4.78, 5) is 12.0. The molecule has 2 aromatic heterocycles. The third-order valence-corrected chi connectivity index (χ3v) is 6.30. The Kier molecular flexibility index (Phi) is 4.09. The van der Waals surface area contributed by atoms with E-state index in [9.17, 15) is 0 Å². The molecular formula is C17H24N4S. The van der Waals surface area contributed by atoms with Gasteiger partial charge in [0.15, 0.2) is 5.65 Å². The molecule has 0 amide bonds. The molecule has 22 heavy (non-hydrogen) atoms. The number of likely N-dealkylation sites (tertiary alicyclic amines) is 1. The molecule has 0 aromatic carbocycles. The first-order valence-electron chi connectivity index (χ1n) is 8.39. The van der Waals surface area contributed by atoms with Crippen LogP contribution in [-0.2, 0) is 6.42 Å². The lowest BCUT2D eigenvalue weighted by molar-refractivity contribution is 0.220. The summed E-state index contributed by atoms with van der Waals surface area (Å²) in [7, 11) is 2.22. The molecule has 0 spiro atoms. The van der Waals surface area contributed by atoms with Crippen LogP contribution < -0.4 is 0 Å². The lowest BCUT2D eigenvalue weighted by atomic mass is 10.0. The summed E-state index contributed by atoms with van der Waals surface area (Å²) in [6, 6.07) is 4.68. The van der Waals surface area contributed by atoms with Crippen molar-refractivity contribution in [3.05, 3.63) is 24.2 Å². The first kappa shape index (κ1) is 14.5. The molecule has 0 bridgehead atoms. The van der Waals surface area contributed by atoms with E-state index in [-0.39, 0.29) is 0 Å². The van der Waals surface area contributed by atoms with Gasteiger partial charge in [0.1, 0.15) is 11.3 Å². The van der Waals surface area contributed by atoms with E-state index in [1.807, 2.05) is 12.3 Å². The number of hydrogen-bond acceptors (Lipinski definition) is 4. The molecule has 2 aliphatic heterocycles. The third-order valence-electron chi connectivity index (χ3n) is 5.07. The first-order valence-corrected chi connectivity index (χ1v) is 9.55. The molecule has 0 aliphatic carbocycles. The molecule has 2 aromatic rings. The van der Waals surface area contributed by atoms with Gasteiger partial charge in [0.2, 0.25) is 0 Å². The van der Waals surface area contributed by atoms with Crippen molar-refractivity contribution in [2.75, 3.05) is 31.6 Å². The summed E-state index contributed by atoms with van der Waals surface area (Å²) in [6.45, 7) is 2.35. The molecule has 2 fully saturated rings. The van der Waals surface area contributed by atoms with Gasteiger partial charge in [-0.2, -0.15) is 11.8 Å². The van der Waals surface area contributed by atoms with Crippen LogP contribution in [-0.4, -0.2) is 51.1 Å². The normalized spacial score (nSPS) is 24.3. The Labute approximate surface area is 136 Å². The minimum absolute atomic E-state index is 0.570. The smallest absolute Gasteiger partial charge is 0.160 e. The predicted molar refractivity (Wildman–Crippen MR) is 92.4 cm³/mol. The van der Waals surface area contributed by atoms with Gasteiger partial charge in [-0.1, -0.05) is 0 Å². The van der Waals surface area contributed by atoms with Gasteiger partial charge >= 0.3 is 0 Å². The van der Waals surface area contributed by atoms with Gasteiger partial charge in [0.25, 0.3) is 0 Å². The molecule has 4 heterocycles. The zero-order valence-electron chi connectivity index (χ0n) is 13.2. The highest BCUT2D eigenvalue weighted by molar-refractivity contribution is 7.99. The Morgan fingerprint density at radius 2 is 2.14 bits per heavy atom. The van der Waals surface area contributed by atoms with Gasteiger partial charge in [-0.3, -0.25) is 0 Å². The van der Waals surface area contributed by atoms with Crippen LogP contribution in [0, 0.1) is 5.92 Å². The first-order chi connectivity index (χ1) is 10.8. The largest absolute Gasteiger partial charge is 0.309 e. The second kappa shape index (κ2) is 6.20. The van der Waals surface area contributed by atoms with E-state index in [0.29, 0.717) is 6.04 Å². The highest BCUT2D eigenvalue weighted by atomic mass is 32.2. The van der Waals surface area contributed by atoms with Crippen LogP contribution in [0.3, 0.4) is 0 Å². The quantitative estimate of drug-likeness (QED) is 0.872. The fourth-order valence-electron chi connectivity index (χ4n) is 3.76. The number of rotatable bonds is 3. The average molecular weight is 316 g/mol. The zero-order chi connectivity index (χ0) is 14.9. The Bertz CT molecular complexity index is 639. The van der Waals surface area contributed by atoms with E-state index in [4.69, 9.17) is 4.98 Å². The number of aromatic nitrogens is 3. The molecule has 5 heteroatoms. The zero-order valence-corrected chi connectivity index (χ0v) is 14.1. The molecule has 0 saturated carbocycles. The number of nitrogens with zero attached hydrogens (tertiary/aromatic N) is 4. The SMILES string of the molecule is CN1CCC(n2c(CC3CCSC3)nc3cccnc32)CC1. The van der Waals surface area contributed by atoms with Gasteiger partial charge in [-0.25, -0.2) is 9.97 Å². The van der Waals surface area contributed by atoms with Gasteiger partial charge < -0.3 is 9.47 Å². The van der Waals surface area contributed by atoms with Crippen molar-refractivity contribution in [1.29, 1.82) is 0 Å². The molecule has 1 unspecified atom stereocenters. The van der Waals surface area contributed by atoms with Crippen molar-refractivity contribution in [2.45, 2.75) is 31.7 Å². The highest BCUT2D eigenvalue weighted by Crippen LogP contribution is 2.31. The molecule has 4 rings (SSSR count). The maximum absolute atomic E-state index is 4.95. The third kappa shape index (κ3) is 2.76. The summed E-state index contributed by atoms with van der Waals surface area (Å²) in [5.41, 5.74) is 2.17. The summed E-state index contributed by atoms with van der Waals surface area (Å²) < 4.78 is 2.48. The number of thioether (sulfide) groups is 1. The van der Waals surface area contributed by atoms with Crippen LogP contribution in [0.5, 0.6) is 0 Å². The van der Waals surface area contributed by atoms with Crippen molar-refractivity contribution in [3.8, 4) is 0 Å². The maximum atomic E-state index is 4.95. The molecule has 1 atom stereocenters. The van der Waals surface area contributed by atoms with Crippen LogP contribution in [0.15, 0.2) is 18.3 Å². The lowest BCUT2D eigenvalue weighted by Crippen LogP contribution is -2.32. The second-order valence-electron chi connectivity index (χ2n) is 6.71. The maximum Gasteiger partial charge on any atom is 0.160 e. The summed E-state index contributed by atoms with van der Waals surface area (Å²) in [5, 5.41) is 0. The molecule has 0 N–H and O–H groups in total. The van der Waals surface area contributed by atoms with Crippen LogP contribution in [0.4, 0.5) is 0 Å². The number of fused-ring (bicyclic) bond motifs is 1. The van der Waals surface area contributed by atoms with Gasteiger partial charge in [0.05, 0.1) is 0 Å². The van der Waals surface area contributed by atoms with Crippen LogP contribution in [0.25, 0.3) is 11.2 Å². The van der Waals surface area contributed by atoms with Crippen LogP contribution in [0.1, 0.15) is 31.1 Å². The number of piperidine rings is 1. The van der Waals surface area contributed by atoms with Crippen molar-refractivity contribution in [1.82, 2.24) is 19.4 Å². The molecule has 118 valence electrons. The minimum atomic E-state index is 0.570. The Balaban J connectivity index is 1.69. The van der Waals surface area contributed by atoms with Crippen molar-refractivity contribution >= 4 is 22.9 Å². The summed E-state index contributed by atoms with van der Waals surface area (Å²) in [5.74, 6) is 4.68. The Morgan fingerprint density at radius 1 is 1.27 bits per heavy atom. The van der Waals surface area contributed by atoms with E-state index >= 15 is 0 Å². The highest BCUT2D eigenvalue weighted by Gasteiger charge is 2.26. The van der Waals surface area contributed by atoms with E-state index in [2.05, 4.69) is 39.3 Å². The predicted octanol–water partition coefficient (Wildman–Crippen LogP) is 2.99. The standard InChI is InChI=1S/C17H24N4S/c1-20-8-4-14(5-9-20)21-16(11-13-6-10-22-12-13)19-15-3-2-7-18-17(15)21/h2-3,7,13-14H,4-6,8-12H2,1H3. The molecule has 2 aliphatic rings. The fourth-order valence-corrected chi connectivity index (χ4v) is 5.04. The van der Waals surface area contributed by atoms with Crippen molar-refractivity contribution < 1.29 is 0 Å². The number of pyridine rings is 1. The van der Waals surface area contributed by atoms with Crippen molar-refractivity contribution in [2.24, 2.45) is 5.92 Å². The molecule has 4 nitrogen and oxygen atoms in total. The van der Waals surface area contributed by atoms with Crippen molar-refractivity contribution in [3.63, 3.8) is 0 Å².